The topological polar surface area (TPSA) is 164 Å². The van der Waals surface area contributed by atoms with Crippen molar-refractivity contribution in [1.82, 2.24) is 29.7 Å². The van der Waals surface area contributed by atoms with Crippen molar-refractivity contribution in [2.75, 3.05) is 44.3 Å². The van der Waals surface area contributed by atoms with E-state index in [9.17, 15) is 15.0 Å². The Morgan fingerprint density at radius 3 is 2.56 bits per heavy atom. The number of nitrogens with two attached hydrogens (primary N) is 1. The quantitative estimate of drug-likeness (QED) is 0.287. The van der Waals surface area contributed by atoms with Crippen LogP contribution in [0.4, 0.5) is 16.3 Å². The Morgan fingerprint density at radius 2 is 1.90 bits per heavy atom. The smallest absolute Gasteiger partial charge is 0.319 e. The number of nitrogen functional groups attached to an aromatic ring is 1. The molecule has 3 heterocycles. The maximum Gasteiger partial charge on any atom is 0.319 e. The van der Waals surface area contributed by atoms with Gasteiger partial charge in [-0.15, -0.1) is 0 Å². The zero-order valence-electron chi connectivity index (χ0n) is 23.5. The van der Waals surface area contributed by atoms with Crippen molar-refractivity contribution in [3.8, 4) is 0 Å². The molecule has 3 atom stereocenters. The Hall–Kier alpha value is -3.32. The summed E-state index contributed by atoms with van der Waals surface area (Å²) in [5, 5.41) is 28.2. The lowest BCUT2D eigenvalue weighted by Gasteiger charge is -2.33. The molecule has 2 aromatic heterocycles. The fourth-order valence-electron chi connectivity index (χ4n) is 4.91. The summed E-state index contributed by atoms with van der Waals surface area (Å²) in [6.07, 6.45) is 0.781. The normalized spacial score (nSPS) is 22.0. The first-order valence-electron chi connectivity index (χ1n) is 13.0. The number of benzene rings is 1. The minimum Gasteiger partial charge on any atom is -0.385 e. The van der Waals surface area contributed by atoms with Crippen LogP contribution in [0.2, 0.25) is 0 Å². The van der Waals surface area contributed by atoms with Crippen LogP contribution in [0.5, 0.6) is 0 Å². The molecule has 0 saturated carbocycles. The minimum atomic E-state index is -1.75. The summed E-state index contributed by atoms with van der Waals surface area (Å²) in [5.41, 5.74) is 6.47. The number of nitrogens with zero attached hydrogens (tertiary/aromatic N) is 5. The van der Waals surface area contributed by atoms with Crippen molar-refractivity contribution in [1.29, 1.82) is 0 Å². The highest BCUT2D eigenvalue weighted by Gasteiger charge is 2.50. The molecule has 1 fully saturated rings. The van der Waals surface area contributed by atoms with E-state index in [1.807, 2.05) is 50.1 Å². The molecule has 1 aliphatic heterocycles. The number of anilines is 2. The number of fused-ring (bicyclic) bond motifs is 1. The van der Waals surface area contributed by atoms with E-state index in [4.69, 9.17) is 10.5 Å². The number of hydrogen-bond donors (Lipinski definition) is 5. The number of imidazole rings is 1. The molecule has 1 aliphatic rings. The van der Waals surface area contributed by atoms with E-state index >= 15 is 0 Å². The van der Waals surface area contributed by atoms with E-state index in [2.05, 4.69) is 46.4 Å². The van der Waals surface area contributed by atoms with Crippen LogP contribution in [0.25, 0.3) is 11.2 Å². The third kappa shape index (κ3) is 6.30. The number of carbonyl (C=O) groups excluding carboxylic acids is 1. The van der Waals surface area contributed by atoms with Crippen LogP contribution in [0.1, 0.15) is 40.2 Å². The highest BCUT2D eigenvalue weighted by atomic mass is 16.5. The molecule has 0 aliphatic carbocycles. The zero-order valence-corrected chi connectivity index (χ0v) is 23.5. The van der Waals surface area contributed by atoms with Crippen LogP contribution in [-0.2, 0) is 15.9 Å². The minimum absolute atomic E-state index is 0.0480. The average Bonchev–Trinajstić information content (AvgIpc) is 3.41. The number of aliphatic hydroxyl groups is 2. The van der Waals surface area contributed by atoms with E-state index < -0.39 is 17.9 Å². The monoisotopic (exact) mass is 540 g/mol. The second-order valence-electron chi connectivity index (χ2n) is 12.2. The van der Waals surface area contributed by atoms with E-state index in [1.54, 1.807) is 0 Å². The van der Waals surface area contributed by atoms with Gasteiger partial charge in [-0.25, -0.2) is 19.7 Å². The summed E-state index contributed by atoms with van der Waals surface area (Å²) < 4.78 is 7.20. The molecule has 0 bridgehead atoms. The van der Waals surface area contributed by atoms with Gasteiger partial charge in [0, 0.05) is 25.3 Å². The molecule has 3 aromatic rings. The number of nitrogens with one attached hydrogen (secondary N) is 2. The SMILES string of the molecule is CN(CC1OCC(O)(n2cnc3c(N)ncnc32)C1O)CC(C)(C)CNC(=O)Nc1ccc(C(C)(C)C)cc1. The van der Waals surface area contributed by atoms with Gasteiger partial charge in [0.1, 0.15) is 24.1 Å². The summed E-state index contributed by atoms with van der Waals surface area (Å²) >= 11 is 0. The number of aromatic nitrogens is 4. The molecule has 0 radical (unpaired) electrons. The molecule has 12 nitrogen and oxygen atoms in total. The maximum atomic E-state index is 12.5. The van der Waals surface area contributed by atoms with E-state index in [1.165, 1.54) is 22.8 Å². The van der Waals surface area contributed by atoms with Gasteiger partial charge in [-0.3, -0.25) is 4.57 Å². The van der Waals surface area contributed by atoms with Crippen LogP contribution < -0.4 is 16.4 Å². The highest BCUT2D eigenvalue weighted by molar-refractivity contribution is 5.89. The number of ether oxygens (including phenoxy) is 1. The third-order valence-corrected chi connectivity index (χ3v) is 7.04. The van der Waals surface area contributed by atoms with Gasteiger partial charge in [0.25, 0.3) is 0 Å². The second kappa shape index (κ2) is 10.7. The maximum absolute atomic E-state index is 12.5. The van der Waals surface area contributed by atoms with E-state index in [0.717, 1.165) is 5.69 Å². The zero-order chi connectivity index (χ0) is 28.6. The predicted octanol–water partition coefficient (Wildman–Crippen LogP) is 1.89. The molecule has 12 heteroatoms. The number of carbonyl (C=O) groups is 1. The van der Waals surface area contributed by atoms with Crippen LogP contribution in [0.15, 0.2) is 36.9 Å². The third-order valence-electron chi connectivity index (χ3n) is 7.04. The van der Waals surface area contributed by atoms with Crippen molar-refractivity contribution < 1.29 is 19.7 Å². The van der Waals surface area contributed by atoms with E-state index in [0.29, 0.717) is 30.8 Å². The van der Waals surface area contributed by atoms with Crippen molar-refractivity contribution in [2.24, 2.45) is 5.41 Å². The van der Waals surface area contributed by atoms with E-state index in [-0.39, 0.29) is 29.3 Å². The van der Waals surface area contributed by atoms with Crippen molar-refractivity contribution in [2.45, 2.75) is 58.0 Å². The second-order valence-corrected chi connectivity index (χ2v) is 12.2. The summed E-state index contributed by atoms with van der Waals surface area (Å²) in [7, 11) is 1.91. The van der Waals surface area contributed by atoms with Gasteiger partial charge < -0.3 is 36.2 Å². The Balaban J connectivity index is 1.29. The molecule has 3 unspecified atom stereocenters. The number of rotatable bonds is 8. The van der Waals surface area contributed by atoms with Gasteiger partial charge in [-0.2, -0.15) is 0 Å². The van der Waals surface area contributed by atoms with Crippen molar-refractivity contribution >= 4 is 28.7 Å². The first-order valence-corrected chi connectivity index (χ1v) is 13.0. The Morgan fingerprint density at radius 1 is 1.21 bits per heavy atom. The Bertz CT molecular complexity index is 1300. The predicted molar refractivity (Wildman–Crippen MR) is 149 cm³/mol. The molecule has 1 aromatic carbocycles. The van der Waals surface area contributed by atoms with Gasteiger partial charge in [-0.05, 0) is 35.6 Å². The Labute approximate surface area is 228 Å². The lowest BCUT2D eigenvalue weighted by Crippen LogP contribution is -2.49. The largest absolute Gasteiger partial charge is 0.385 e. The number of likely N-dealkylation sites (N-methyl/N-ethyl adjacent to an activating group) is 1. The van der Waals surface area contributed by atoms with Crippen LogP contribution in [-0.4, -0.2) is 86.2 Å². The van der Waals surface area contributed by atoms with Gasteiger partial charge in [0.2, 0.25) is 0 Å². The van der Waals surface area contributed by atoms with Crippen LogP contribution in [0, 0.1) is 5.41 Å². The molecule has 6 N–H and O–H groups in total. The number of hydrogen-bond acceptors (Lipinski definition) is 9. The molecule has 4 rings (SSSR count). The fourth-order valence-corrected chi connectivity index (χ4v) is 4.91. The summed E-state index contributed by atoms with van der Waals surface area (Å²) in [6.45, 7) is 11.8. The van der Waals surface area contributed by atoms with Crippen molar-refractivity contribution in [3.05, 3.63) is 42.5 Å². The standard InChI is InChI=1S/C27H40N8O4/c1-25(2,3)17-7-9-18(10-8-17)33-24(37)29-12-26(4,5)13-34(6)11-19-21(36)27(38,14-39-19)35-16-32-20-22(28)30-15-31-23(20)35/h7-10,15-16,19,21,36,38H,11-14H2,1-6H3,(H2,28,30,31)(H2,29,33,37). The first-order chi connectivity index (χ1) is 18.2. The van der Waals surface area contributed by atoms with Gasteiger partial charge >= 0.3 is 6.03 Å². The number of amides is 2. The molecule has 2 amide bonds. The Kier molecular flexibility index (Phi) is 7.86. The number of aliphatic hydroxyl groups excluding tert-OH is 1. The summed E-state index contributed by atoms with van der Waals surface area (Å²) in [4.78, 5) is 26.8. The molecule has 1 saturated heterocycles. The number of urea groups is 1. The fraction of sp³-hybridized carbons (Fsp3) is 0.556. The van der Waals surface area contributed by atoms with Gasteiger partial charge in [0.15, 0.2) is 17.2 Å². The van der Waals surface area contributed by atoms with Gasteiger partial charge in [0.05, 0.1) is 12.9 Å². The summed E-state index contributed by atoms with van der Waals surface area (Å²) in [6, 6.07) is 7.58. The highest BCUT2D eigenvalue weighted by Crippen LogP contribution is 2.33. The van der Waals surface area contributed by atoms with Crippen LogP contribution >= 0.6 is 0 Å². The first kappa shape index (κ1) is 28.7. The molecule has 0 spiro atoms. The summed E-state index contributed by atoms with van der Waals surface area (Å²) in [5.74, 6) is 0.190. The van der Waals surface area contributed by atoms with Crippen molar-refractivity contribution in [3.63, 3.8) is 0 Å². The van der Waals surface area contributed by atoms with Gasteiger partial charge in [-0.1, -0.05) is 46.8 Å². The lowest BCUT2D eigenvalue weighted by atomic mass is 9.87. The molecule has 39 heavy (non-hydrogen) atoms. The molecular weight excluding hydrogens is 500 g/mol. The average molecular weight is 541 g/mol. The molecular formula is C27H40N8O4. The van der Waals surface area contributed by atoms with Crippen LogP contribution in [0.3, 0.4) is 0 Å². The molecule has 212 valence electrons. The lowest BCUT2D eigenvalue weighted by molar-refractivity contribution is -0.109.